The lowest BCUT2D eigenvalue weighted by Gasteiger charge is -2.36. The standard InChI is InChI=1S/C27H23N3O2/c31-26-21-8-4-5-9-22(21)27(32-26)13-10-19(11-14-27)24-17-25(30-29-24)20-12-15-28-23(16-20)18-6-2-1-3-7-18/h1-9,12,15-17,19H,10-11,13-14H2,(H,29,30)/t19-,27-. The molecule has 6 rings (SSSR count). The maximum absolute atomic E-state index is 12.3. The first-order chi connectivity index (χ1) is 15.7. The number of carbonyl (C=O) groups is 1. The van der Waals surface area contributed by atoms with E-state index in [0.29, 0.717) is 5.92 Å². The molecule has 0 amide bonds. The number of hydrogen-bond acceptors (Lipinski definition) is 4. The minimum Gasteiger partial charge on any atom is -0.451 e. The predicted octanol–water partition coefficient (Wildman–Crippen LogP) is 5.86. The summed E-state index contributed by atoms with van der Waals surface area (Å²) in [6, 6.07) is 24.2. The van der Waals surface area contributed by atoms with Crippen LogP contribution < -0.4 is 0 Å². The highest BCUT2D eigenvalue weighted by atomic mass is 16.6. The van der Waals surface area contributed by atoms with E-state index in [1.165, 1.54) is 0 Å². The summed E-state index contributed by atoms with van der Waals surface area (Å²) in [5, 5.41) is 7.86. The van der Waals surface area contributed by atoms with Crippen molar-refractivity contribution < 1.29 is 9.53 Å². The monoisotopic (exact) mass is 421 g/mol. The quantitative estimate of drug-likeness (QED) is 0.421. The summed E-state index contributed by atoms with van der Waals surface area (Å²) in [7, 11) is 0. The smallest absolute Gasteiger partial charge is 0.339 e. The van der Waals surface area contributed by atoms with E-state index in [4.69, 9.17) is 4.74 Å². The van der Waals surface area contributed by atoms with Gasteiger partial charge in [0, 0.05) is 28.8 Å². The van der Waals surface area contributed by atoms with Gasteiger partial charge in [-0.15, -0.1) is 0 Å². The number of rotatable bonds is 3. The maximum atomic E-state index is 12.3. The number of benzene rings is 2. The molecule has 0 bridgehead atoms. The Labute approximate surface area is 186 Å². The van der Waals surface area contributed by atoms with Gasteiger partial charge >= 0.3 is 5.97 Å². The van der Waals surface area contributed by atoms with Crippen LogP contribution in [0, 0.1) is 0 Å². The molecular weight excluding hydrogens is 398 g/mol. The van der Waals surface area contributed by atoms with Gasteiger partial charge in [-0.05, 0) is 49.9 Å². The van der Waals surface area contributed by atoms with Crippen molar-refractivity contribution in [3.8, 4) is 22.5 Å². The molecule has 1 fully saturated rings. The molecule has 0 saturated heterocycles. The van der Waals surface area contributed by atoms with E-state index in [2.05, 4.69) is 39.4 Å². The van der Waals surface area contributed by atoms with Crippen molar-refractivity contribution in [1.82, 2.24) is 15.2 Å². The molecule has 3 heterocycles. The highest BCUT2D eigenvalue weighted by Gasteiger charge is 2.47. The van der Waals surface area contributed by atoms with Crippen LogP contribution >= 0.6 is 0 Å². The Balaban J connectivity index is 1.21. The molecule has 1 aliphatic carbocycles. The Kier molecular flexibility index (Phi) is 4.42. The number of H-pyrrole nitrogens is 1. The molecule has 2 aromatic heterocycles. The van der Waals surface area contributed by atoms with Gasteiger partial charge < -0.3 is 4.74 Å². The van der Waals surface area contributed by atoms with E-state index < -0.39 is 5.60 Å². The molecule has 32 heavy (non-hydrogen) atoms. The van der Waals surface area contributed by atoms with E-state index >= 15 is 0 Å². The second-order valence-electron chi connectivity index (χ2n) is 8.71. The number of esters is 1. The fourth-order valence-corrected chi connectivity index (χ4v) is 5.16. The van der Waals surface area contributed by atoms with Crippen LogP contribution in [-0.4, -0.2) is 21.2 Å². The number of hydrogen-bond donors (Lipinski definition) is 1. The second kappa shape index (κ2) is 7.45. The molecule has 0 radical (unpaired) electrons. The molecule has 2 aromatic carbocycles. The Morgan fingerprint density at radius 3 is 2.53 bits per heavy atom. The Morgan fingerprint density at radius 1 is 0.906 bits per heavy atom. The Hall–Kier alpha value is -3.73. The van der Waals surface area contributed by atoms with Gasteiger partial charge in [-0.25, -0.2) is 4.79 Å². The van der Waals surface area contributed by atoms with Crippen molar-refractivity contribution in [2.75, 3.05) is 0 Å². The summed E-state index contributed by atoms with van der Waals surface area (Å²) >= 11 is 0. The summed E-state index contributed by atoms with van der Waals surface area (Å²) in [4.78, 5) is 16.9. The number of fused-ring (bicyclic) bond motifs is 2. The number of nitrogens with zero attached hydrogens (tertiary/aromatic N) is 2. The lowest BCUT2D eigenvalue weighted by atomic mass is 9.74. The van der Waals surface area contributed by atoms with Crippen LogP contribution in [0.2, 0.25) is 0 Å². The zero-order valence-electron chi connectivity index (χ0n) is 17.6. The third-order valence-electron chi connectivity index (χ3n) is 6.88. The van der Waals surface area contributed by atoms with E-state index in [9.17, 15) is 4.79 Å². The summed E-state index contributed by atoms with van der Waals surface area (Å²) in [5.41, 5.74) is 6.50. The number of aromatic amines is 1. The van der Waals surface area contributed by atoms with E-state index in [0.717, 1.165) is 65.0 Å². The van der Waals surface area contributed by atoms with Crippen molar-refractivity contribution in [2.45, 2.75) is 37.2 Å². The van der Waals surface area contributed by atoms with Gasteiger partial charge in [0.05, 0.1) is 22.6 Å². The lowest BCUT2D eigenvalue weighted by Crippen LogP contribution is -2.31. The van der Waals surface area contributed by atoms with Crippen LogP contribution in [-0.2, 0) is 10.3 Å². The number of carbonyl (C=O) groups excluding carboxylic acids is 1. The third kappa shape index (κ3) is 3.12. The largest absolute Gasteiger partial charge is 0.451 e. The summed E-state index contributed by atoms with van der Waals surface area (Å²) in [6.07, 6.45) is 5.38. The Bertz CT molecular complexity index is 1290. The zero-order chi connectivity index (χ0) is 21.5. The maximum Gasteiger partial charge on any atom is 0.339 e. The van der Waals surface area contributed by atoms with E-state index in [1.54, 1.807) is 0 Å². The molecular formula is C27H23N3O2. The molecule has 1 aliphatic heterocycles. The molecule has 5 nitrogen and oxygen atoms in total. The van der Waals surface area contributed by atoms with Gasteiger partial charge in [-0.2, -0.15) is 5.10 Å². The molecule has 158 valence electrons. The van der Waals surface area contributed by atoms with Gasteiger partial charge in [0.15, 0.2) is 0 Å². The summed E-state index contributed by atoms with van der Waals surface area (Å²) in [6.45, 7) is 0. The fourth-order valence-electron chi connectivity index (χ4n) is 5.16. The van der Waals surface area contributed by atoms with Crippen molar-refractivity contribution >= 4 is 5.97 Å². The molecule has 5 heteroatoms. The van der Waals surface area contributed by atoms with Gasteiger partial charge in [0.2, 0.25) is 0 Å². The van der Waals surface area contributed by atoms with Gasteiger partial charge in [0.25, 0.3) is 0 Å². The molecule has 4 aromatic rings. The van der Waals surface area contributed by atoms with E-state index in [-0.39, 0.29) is 5.97 Å². The Morgan fingerprint density at radius 2 is 1.69 bits per heavy atom. The van der Waals surface area contributed by atoms with Gasteiger partial charge in [-0.1, -0.05) is 48.5 Å². The SMILES string of the molecule is O=C1O[C@]2(CC[C@H](c3cc(-c4ccnc(-c5ccccc5)c4)[nH]n3)CC2)c2ccccc21. The van der Waals surface area contributed by atoms with E-state index in [1.807, 2.05) is 54.7 Å². The van der Waals surface area contributed by atoms with Crippen molar-refractivity contribution in [3.05, 3.63) is 95.8 Å². The minimum absolute atomic E-state index is 0.187. The normalized spacial score (nSPS) is 22.0. The van der Waals surface area contributed by atoms with Crippen LogP contribution in [0.25, 0.3) is 22.5 Å². The zero-order valence-corrected chi connectivity index (χ0v) is 17.6. The second-order valence-corrected chi connectivity index (χ2v) is 8.71. The van der Waals surface area contributed by atoms with Gasteiger partial charge in [-0.3, -0.25) is 10.1 Å². The van der Waals surface area contributed by atoms with Crippen LogP contribution in [0.1, 0.15) is 53.2 Å². The fraction of sp³-hybridized carbons (Fsp3) is 0.222. The molecule has 1 N–H and O–H groups in total. The molecule has 0 atom stereocenters. The van der Waals surface area contributed by atoms with Gasteiger partial charge in [0.1, 0.15) is 5.60 Å². The van der Waals surface area contributed by atoms with Crippen LogP contribution in [0.3, 0.4) is 0 Å². The third-order valence-corrected chi connectivity index (χ3v) is 6.88. The molecule has 1 spiro atoms. The first-order valence-corrected chi connectivity index (χ1v) is 11.1. The average molecular weight is 422 g/mol. The highest BCUT2D eigenvalue weighted by Crippen LogP contribution is 2.50. The van der Waals surface area contributed by atoms with Crippen molar-refractivity contribution in [1.29, 1.82) is 0 Å². The molecule has 1 saturated carbocycles. The van der Waals surface area contributed by atoms with Crippen LogP contribution in [0.4, 0.5) is 0 Å². The van der Waals surface area contributed by atoms with Crippen LogP contribution in [0.5, 0.6) is 0 Å². The number of pyridine rings is 1. The molecule has 0 unspecified atom stereocenters. The number of aromatic nitrogens is 3. The van der Waals surface area contributed by atoms with Crippen LogP contribution in [0.15, 0.2) is 79.0 Å². The number of nitrogens with one attached hydrogen (secondary N) is 1. The first-order valence-electron chi connectivity index (χ1n) is 11.1. The van der Waals surface area contributed by atoms with Crippen molar-refractivity contribution in [2.24, 2.45) is 0 Å². The number of ether oxygens (including phenoxy) is 1. The van der Waals surface area contributed by atoms with Crippen molar-refractivity contribution in [3.63, 3.8) is 0 Å². The first kappa shape index (κ1) is 19.0. The average Bonchev–Trinajstić information content (AvgIpc) is 3.45. The molecule has 2 aliphatic rings. The minimum atomic E-state index is -0.459. The summed E-state index contributed by atoms with van der Waals surface area (Å²) < 4.78 is 5.90. The summed E-state index contributed by atoms with van der Waals surface area (Å²) in [5.74, 6) is 0.167. The predicted molar refractivity (Wildman–Crippen MR) is 122 cm³/mol. The lowest BCUT2D eigenvalue weighted by molar-refractivity contribution is -0.0311. The topological polar surface area (TPSA) is 67.9 Å². The highest BCUT2D eigenvalue weighted by molar-refractivity contribution is 5.94.